The monoisotopic (exact) mass is 1530 g/mol. The normalized spacial score (nSPS) is 16.5. The number of hydrogen-bond donors (Lipinski definition) is 0. The maximum atomic E-state index is 10.1. The zero-order valence-corrected chi connectivity index (χ0v) is 63.8. The van der Waals surface area contributed by atoms with E-state index in [9.17, 15) is 10.7 Å². The van der Waals surface area contributed by atoms with E-state index in [2.05, 4.69) is 113 Å². The fraction of sp³-hybridized carbons (Fsp3) is 0.0513. The Morgan fingerprint density at radius 1 is 0.212 bits per heavy atom. The topological polar surface area (TPSA) is 23.8 Å². The standard InChI is InChI=1S/C46H31N.C41H30.C30H20/c1-46(2)42-24-21-33(26-40(42)35-23-20-32(27-43(35)46)30-11-4-3-5-12-30)44-37-16-8-9-17-38(37)45(41-25-29(28-47)19-22-39(41)44)36-18-10-14-31-13-6-7-15-34(31)36;1-41(2)37-22-11-10-15-31(37)36-21-12-20-30(40(36)41)27-23-25-29(26-24-27)39-34-18-8-6-16-32(34)38(28-13-4-3-5-14-28)33-17-7-9-19-35(33)39;1-2-12-22(13-3-1)29-25-16-6-8-18-27(25)30(28-19-9-7-17-26(28)29)24-20-10-14-21-11-4-5-15-23(21)24/h3-27H,1-2H3;3-26H,1-2H3;1-20H/i8D,9D,16D,17D;3D,4D,5D,6D,7D,8D,9D,13D,14D,16D,17D,18D,19D;4D,5D,6D,7D,8D,9D,10D,11D,14D,15D,16D,17D,18D,19D,20D. The molecule has 554 valence electrons. The minimum atomic E-state index is -0.738. The molecule has 0 aromatic heterocycles. The molecular weight excluding hydrogens is 1420 g/mol. The summed E-state index contributed by atoms with van der Waals surface area (Å²) in [4.78, 5) is 0. The lowest BCUT2D eigenvalue weighted by atomic mass is 9.78. The van der Waals surface area contributed by atoms with Crippen LogP contribution in [0.1, 0.15) is 99.4 Å². The molecule has 0 unspecified atom stereocenters. The van der Waals surface area contributed by atoms with Crippen LogP contribution in [-0.4, -0.2) is 0 Å². The van der Waals surface area contributed by atoms with Crippen LogP contribution in [0.15, 0.2) is 418 Å². The van der Waals surface area contributed by atoms with Gasteiger partial charge in [-0.05, 0) is 244 Å². The smallest absolute Gasteiger partial charge is 0.0991 e. The van der Waals surface area contributed by atoms with Crippen LogP contribution in [-0.2, 0) is 10.8 Å². The molecule has 118 heavy (non-hydrogen) atoms. The molecule has 0 saturated heterocycles. The van der Waals surface area contributed by atoms with Crippen LogP contribution in [0.25, 0.3) is 197 Å². The van der Waals surface area contributed by atoms with Crippen molar-refractivity contribution in [1.29, 1.82) is 5.26 Å². The zero-order chi connectivity index (χ0) is 107. The Morgan fingerprint density at radius 3 is 1.27 bits per heavy atom. The van der Waals surface area contributed by atoms with E-state index >= 15 is 0 Å². The Balaban J connectivity index is 0.000000132. The molecule has 0 bridgehead atoms. The second-order valence-corrected chi connectivity index (χ2v) is 30.3. The molecule has 1 heteroatoms. The number of fused-ring (bicyclic) bond motifs is 14. The van der Waals surface area contributed by atoms with Crippen molar-refractivity contribution < 1.29 is 43.9 Å². The molecule has 0 spiro atoms. The maximum absolute atomic E-state index is 10.1. The number of benzene rings is 21. The summed E-state index contributed by atoms with van der Waals surface area (Å²) in [7, 11) is 0. The van der Waals surface area contributed by atoms with E-state index in [1.165, 1.54) is 27.8 Å². The van der Waals surface area contributed by atoms with Gasteiger partial charge in [0.1, 0.15) is 0 Å². The fourth-order valence-corrected chi connectivity index (χ4v) is 17.9. The number of rotatable bonds is 8. The minimum absolute atomic E-state index is 0.0734. The highest BCUT2D eigenvalue weighted by atomic mass is 14.4. The van der Waals surface area contributed by atoms with Gasteiger partial charge in [0, 0.05) is 10.8 Å². The van der Waals surface area contributed by atoms with Gasteiger partial charge in [0.05, 0.1) is 55.5 Å². The molecule has 21 aromatic rings. The van der Waals surface area contributed by atoms with E-state index in [4.69, 9.17) is 38.4 Å². The quantitative estimate of drug-likeness (QED) is 0.139. The molecule has 0 heterocycles. The van der Waals surface area contributed by atoms with E-state index in [0.29, 0.717) is 33.0 Å². The van der Waals surface area contributed by atoms with E-state index in [1.807, 2.05) is 97.1 Å². The van der Waals surface area contributed by atoms with Crippen LogP contribution in [0.3, 0.4) is 0 Å². The van der Waals surface area contributed by atoms with Crippen molar-refractivity contribution in [3.63, 3.8) is 0 Å². The minimum Gasteiger partial charge on any atom is -0.192 e. The number of nitriles is 1. The second-order valence-electron chi connectivity index (χ2n) is 30.3. The molecule has 0 aliphatic heterocycles. The summed E-state index contributed by atoms with van der Waals surface area (Å²) < 4.78 is 280. The van der Waals surface area contributed by atoms with E-state index < -0.39 is 186 Å². The predicted molar refractivity (Wildman–Crippen MR) is 503 cm³/mol. The Morgan fingerprint density at radius 2 is 0.644 bits per heavy atom. The summed E-state index contributed by atoms with van der Waals surface area (Å²) in [5, 5.41) is 12.3. The van der Waals surface area contributed by atoms with Crippen molar-refractivity contribution >= 4 is 86.2 Å². The molecule has 0 fully saturated rings. The summed E-state index contributed by atoms with van der Waals surface area (Å²) in [6.07, 6.45) is 0. The van der Waals surface area contributed by atoms with Crippen molar-refractivity contribution in [2.45, 2.75) is 38.5 Å². The molecule has 2 aliphatic rings. The first-order valence-corrected chi connectivity index (χ1v) is 38.5. The van der Waals surface area contributed by atoms with Crippen molar-refractivity contribution in [2.24, 2.45) is 0 Å². The summed E-state index contributed by atoms with van der Waals surface area (Å²) >= 11 is 0. The Kier molecular flexibility index (Phi) is 11.0. The van der Waals surface area contributed by atoms with Gasteiger partial charge in [-0.15, -0.1) is 0 Å². The van der Waals surface area contributed by atoms with Crippen molar-refractivity contribution in [3.8, 4) is 117 Å². The van der Waals surface area contributed by atoms with Crippen LogP contribution >= 0.6 is 0 Å². The molecule has 23 rings (SSSR count). The predicted octanol–water partition coefficient (Wildman–Crippen LogP) is 32.1. The summed E-state index contributed by atoms with van der Waals surface area (Å²) in [6.45, 7) is 8.89. The molecule has 21 aromatic carbocycles. The van der Waals surface area contributed by atoms with Gasteiger partial charge < -0.3 is 0 Å². The van der Waals surface area contributed by atoms with Crippen molar-refractivity contribution in [1.82, 2.24) is 0 Å². The first-order valence-electron chi connectivity index (χ1n) is 54.5. The fourth-order valence-electron chi connectivity index (χ4n) is 17.9. The molecule has 0 amide bonds. The molecule has 0 N–H and O–H groups in total. The Hall–Kier alpha value is -14.8. The van der Waals surface area contributed by atoms with Gasteiger partial charge in [-0.3, -0.25) is 0 Å². The van der Waals surface area contributed by atoms with Gasteiger partial charge >= 0.3 is 0 Å². The highest BCUT2D eigenvalue weighted by Gasteiger charge is 2.39. The summed E-state index contributed by atoms with van der Waals surface area (Å²) in [6, 6.07) is 56.9. The zero-order valence-electron chi connectivity index (χ0n) is 95.8. The SMILES string of the molecule is [2H]c1c([2H])c([2H])c(-c2c3c([2H])c([2H])c([2H])c([2H])c3c(-c3ccc(-c4cccc5c4C(C)(C)c4ccccc4-5)cc3)c3c([2H])c([2H])c([2H])c([2H])c23)c([2H])c1[2H].[2H]c1c([2H])c([2H])c2c(-c3c4c([2H])c([2H])c([2H])c([2H])c4c(-c4ccccc4)c4c([2H])c([2H])c([2H])c([2H])c34)c([2H])c([2H])c([2H])c2c1[2H].[2H]c1c([2H])c([2H])c2c(-c3cccc4ccccc34)c3cc(C#N)ccc3c(-c3ccc4c(c3)-c3ccc(-c5ccccc5)cc3C4(C)C)c2c1[2H]. The van der Waals surface area contributed by atoms with Gasteiger partial charge in [-0.1, -0.05) is 421 Å². The Labute approximate surface area is 733 Å². The Bertz CT molecular complexity index is 9510. The molecule has 1 nitrogen and oxygen atoms in total. The first kappa shape index (κ1) is 44.7. The van der Waals surface area contributed by atoms with Gasteiger partial charge in [-0.2, -0.15) is 5.26 Å². The van der Waals surface area contributed by atoms with Gasteiger partial charge in [0.2, 0.25) is 0 Å². The van der Waals surface area contributed by atoms with Crippen LogP contribution in [0.2, 0.25) is 0 Å². The molecule has 0 saturated carbocycles. The third-order valence-corrected chi connectivity index (χ3v) is 23.2. The molecule has 2 aliphatic carbocycles. The largest absolute Gasteiger partial charge is 0.192 e. The first-order chi connectivity index (χ1) is 71.3. The second kappa shape index (κ2) is 28.9. The number of nitrogens with zero attached hydrogens (tertiary/aromatic N) is 1. The summed E-state index contributed by atoms with van der Waals surface area (Å²) in [5.74, 6) is 0. The van der Waals surface area contributed by atoms with Gasteiger partial charge in [-0.25, -0.2) is 0 Å². The lowest BCUT2D eigenvalue weighted by Crippen LogP contribution is -2.16. The maximum Gasteiger partial charge on any atom is 0.0991 e. The van der Waals surface area contributed by atoms with Gasteiger partial charge in [0.15, 0.2) is 0 Å². The number of hydrogen-bond acceptors (Lipinski definition) is 1. The van der Waals surface area contributed by atoms with Crippen molar-refractivity contribution in [2.75, 3.05) is 0 Å². The summed E-state index contributed by atoms with van der Waals surface area (Å²) in [5.41, 5.74) is 16.1. The average molecular weight is 1530 g/mol. The van der Waals surface area contributed by atoms with Crippen LogP contribution < -0.4 is 0 Å². The molecule has 0 atom stereocenters. The van der Waals surface area contributed by atoms with Crippen LogP contribution in [0.4, 0.5) is 0 Å². The van der Waals surface area contributed by atoms with E-state index in [1.54, 1.807) is 48.5 Å². The van der Waals surface area contributed by atoms with Crippen LogP contribution in [0.5, 0.6) is 0 Å². The van der Waals surface area contributed by atoms with Crippen LogP contribution in [0, 0.1) is 11.3 Å². The van der Waals surface area contributed by atoms with Crippen molar-refractivity contribution in [3.05, 3.63) is 446 Å². The molecule has 0 radical (unpaired) electrons. The third kappa shape index (κ3) is 11.7. The lowest BCUT2D eigenvalue weighted by Gasteiger charge is -2.24. The third-order valence-electron chi connectivity index (χ3n) is 23.2. The molecular formula is C117H81N. The average Bonchev–Trinajstić information content (AvgIpc) is 1.19. The van der Waals surface area contributed by atoms with Gasteiger partial charge in [0.25, 0.3) is 0 Å². The lowest BCUT2D eigenvalue weighted by molar-refractivity contribution is 0.660. The van der Waals surface area contributed by atoms with E-state index in [0.717, 1.165) is 77.2 Å². The highest BCUT2D eigenvalue weighted by Crippen LogP contribution is 2.56. The highest BCUT2D eigenvalue weighted by molar-refractivity contribution is 6.26. The van der Waals surface area contributed by atoms with E-state index in [-0.39, 0.29) is 106 Å².